The van der Waals surface area contributed by atoms with E-state index in [1.807, 2.05) is 0 Å². The minimum Gasteiger partial charge on any atom is -0.506 e. The van der Waals surface area contributed by atoms with Gasteiger partial charge in [-0.05, 0) is 13.0 Å². The Morgan fingerprint density at radius 3 is 3.00 bits per heavy atom. The zero-order valence-corrected chi connectivity index (χ0v) is 7.57. The third-order valence-corrected chi connectivity index (χ3v) is 1.67. The Balaban J connectivity index is 2.87. The number of carbonyl (C=O) groups excluding carboxylic acids is 1. The van der Waals surface area contributed by atoms with Gasteiger partial charge < -0.3 is 9.84 Å². The van der Waals surface area contributed by atoms with E-state index in [1.165, 1.54) is 13.3 Å². The molecule has 1 rings (SSSR count). The second kappa shape index (κ2) is 3.89. The number of hydrogen-bond donors (Lipinski definition) is 1. The lowest BCUT2D eigenvalue weighted by Gasteiger charge is -2.03. The molecular weight excluding hydrogens is 170 g/mol. The number of rotatable bonds is 2. The predicted molar refractivity (Wildman–Crippen MR) is 46.4 cm³/mol. The topological polar surface area (TPSA) is 59.4 Å². The van der Waals surface area contributed by atoms with E-state index in [0.29, 0.717) is 5.56 Å². The van der Waals surface area contributed by atoms with Crippen molar-refractivity contribution in [1.82, 2.24) is 4.98 Å². The molecule has 0 aliphatic carbocycles. The largest absolute Gasteiger partial charge is 0.506 e. The molecule has 4 nitrogen and oxygen atoms in total. The van der Waals surface area contributed by atoms with Gasteiger partial charge in [-0.25, -0.2) is 0 Å². The summed E-state index contributed by atoms with van der Waals surface area (Å²) in [7, 11) is 1.31. The van der Waals surface area contributed by atoms with E-state index in [1.54, 1.807) is 13.0 Å². The molecule has 0 aromatic carbocycles. The van der Waals surface area contributed by atoms with Gasteiger partial charge in [-0.15, -0.1) is 0 Å². The second-order valence-electron chi connectivity index (χ2n) is 2.71. The molecule has 0 spiro atoms. The molecule has 0 radical (unpaired) electrons. The highest BCUT2D eigenvalue weighted by atomic mass is 16.5. The lowest BCUT2D eigenvalue weighted by Crippen LogP contribution is -2.05. The molecule has 0 fully saturated rings. The van der Waals surface area contributed by atoms with Gasteiger partial charge in [0.2, 0.25) is 0 Å². The first-order chi connectivity index (χ1) is 6.13. The smallest absolute Gasteiger partial charge is 0.310 e. The van der Waals surface area contributed by atoms with Crippen LogP contribution >= 0.6 is 0 Å². The number of aryl methyl sites for hydroxylation is 1. The molecule has 0 aliphatic rings. The number of pyridine rings is 1. The summed E-state index contributed by atoms with van der Waals surface area (Å²) in [4.78, 5) is 14.8. The van der Waals surface area contributed by atoms with Gasteiger partial charge in [-0.2, -0.15) is 0 Å². The SMILES string of the molecule is COC(=O)Cc1cc(C)ncc1O. The Kier molecular flexibility index (Phi) is 2.84. The molecule has 0 unspecified atom stereocenters. The zero-order valence-electron chi connectivity index (χ0n) is 7.57. The number of ether oxygens (including phenoxy) is 1. The Morgan fingerprint density at radius 1 is 1.69 bits per heavy atom. The number of hydrogen-bond acceptors (Lipinski definition) is 4. The van der Waals surface area contributed by atoms with Crippen LogP contribution in [0.1, 0.15) is 11.3 Å². The van der Waals surface area contributed by atoms with Crippen LogP contribution in [-0.4, -0.2) is 23.2 Å². The predicted octanol–water partition coefficient (Wildman–Crippen LogP) is 0.811. The lowest BCUT2D eigenvalue weighted by atomic mass is 10.1. The maximum Gasteiger partial charge on any atom is 0.310 e. The van der Waals surface area contributed by atoms with Crippen molar-refractivity contribution in [3.05, 3.63) is 23.5 Å². The van der Waals surface area contributed by atoms with E-state index in [0.717, 1.165) is 5.69 Å². The third-order valence-electron chi connectivity index (χ3n) is 1.67. The number of esters is 1. The van der Waals surface area contributed by atoms with Crippen LogP contribution < -0.4 is 0 Å². The molecule has 0 saturated heterocycles. The molecule has 0 aliphatic heterocycles. The molecule has 0 atom stereocenters. The lowest BCUT2D eigenvalue weighted by molar-refractivity contribution is -0.139. The fraction of sp³-hybridized carbons (Fsp3) is 0.333. The fourth-order valence-electron chi connectivity index (χ4n) is 0.978. The summed E-state index contributed by atoms with van der Waals surface area (Å²) in [5, 5.41) is 9.31. The van der Waals surface area contributed by atoms with Gasteiger partial charge in [-0.1, -0.05) is 0 Å². The zero-order chi connectivity index (χ0) is 9.84. The fourth-order valence-corrected chi connectivity index (χ4v) is 0.978. The molecule has 0 saturated carbocycles. The maximum atomic E-state index is 10.9. The van der Waals surface area contributed by atoms with E-state index < -0.39 is 0 Å². The summed E-state index contributed by atoms with van der Waals surface area (Å²) in [6, 6.07) is 1.66. The van der Waals surface area contributed by atoms with Crippen LogP contribution in [0.5, 0.6) is 5.75 Å². The number of nitrogens with zero attached hydrogens (tertiary/aromatic N) is 1. The highest BCUT2D eigenvalue weighted by Crippen LogP contribution is 2.16. The van der Waals surface area contributed by atoms with E-state index in [4.69, 9.17) is 0 Å². The summed E-state index contributed by atoms with van der Waals surface area (Å²) in [6.07, 6.45) is 1.40. The maximum absolute atomic E-state index is 10.9. The quantitative estimate of drug-likeness (QED) is 0.686. The van der Waals surface area contributed by atoms with Crippen LogP contribution in [0, 0.1) is 6.92 Å². The van der Waals surface area contributed by atoms with Crippen molar-refractivity contribution in [3.8, 4) is 5.75 Å². The molecule has 70 valence electrons. The van der Waals surface area contributed by atoms with Crippen molar-refractivity contribution >= 4 is 5.97 Å². The molecule has 1 aromatic rings. The first kappa shape index (κ1) is 9.51. The van der Waals surface area contributed by atoms with Gasteiger partial charge in [0.15, 0.2) is 0 Å². The Morgan fingerprint density at radius 2 is 2.38 bits per heavy atom. The molecule has 13 heavy (non-hydrogen) atoms. The van der Waals surface area contributed by atoms with Crippen LogP contribution in [0.25, 0.3) is 0 Å². The Bertz CT molecular complexity index is 323. The summed E-state index contributed by atoms with van der Waals surface area (Å²) in [6.45, 7) is 1.79. The van der Waals surface area contributed by atoms with E-state index in [2.05, 4.69) is 9.72 Å². The number of aromatic hydroxyl groups is 1. The molecular formula is C9H11NO3. The van der Waals surface area contributed by atoms with Crippen molar-refractivity contribution in [2.75, 3.05) is 7.11 Å². The number of carbonyl (C=O) groups is 1. The Labute approximate surface area is 76.2 Å². The van der Waals surface area contributed by atoms with Gasteiger partial charge in [0.25, 0.3) is 0 Å². The average molecular weight is 181 g/mol. The van der Waals surface area contributed by atoms with Crippen LogP contribution in [-0.2, 0) is 16.0 Å². The summed E-state index contributed by atoms with van der Waals surface area (Å²) in [5.74, 6) is -0.350. The summed E-state index contributed by atoms with van der Waals surface area (Å²) >= 11 is 0. The molecule has 4 heteroatoms. The number of methoxy groups -OCH3 is 1. The monoisotopic (exact) mass is 181 g/mol. The first-order valence-corrected chi connectivity index (χ1v) is 3.85. The molecule has 1 aromatic heterocycles. The van der Waals surface area contributed by atoms with Crippen molar-refractivity contribution < 1.29 is 14.6 Å². The van der Waals surface area contributed by atoms with Gasteiger partial charge in [0, 0.05) is 11.3 Å². The minimum absolute atomic E-state index is 0.0241. The van der Waals surface area contributed by atoms with E-state index in [9.17, 15) is 9.90 Å². The van der Waals surface area contributed by atoms with Crippen LogP contribution in [0.3, 0.4) is 0 Å². The average Bonchev–Trinajstić information content (AvgIpc) is 2.11. The van der Waals surface area contributed by atoms with Crippen molar-refractivity contribution in [2.45, 2.75) is 13.3 Å². The van der Waals surface area contributed by atoms with Crippen LogP contribution in [0.4, 0.5) is 0 Å². The van der Waals surface area contributed by atoms with Crippen LogP contribution in [0.2, 0.25) is 0 Å². The van der Waals surface area contributed by atoms with Crippen molar-refractivity contribution in [3.63, 3.8) is 0 Å². The van der Waals surface area contributed by atoms with Crippen LogP contribution in [0.15, 0.2) is 12.3 Å². The Hall–Kier alpha value is -1.58. The van der Waals surface area contributed by atoms with Crippen molar-refractivity contribution in [2.24, 2.45) is 0 Å². The standard InChI is InChI=1S/C9H11NO3/c1-6-3-7(4-9(12)13-2)8(11)5-10-6/h3,5,11H,4H2,1-2H3. The minimum atomic E-state index is -0.374. The highest BCUT2D eigenvalue weighted by molar-refractivity contribution is 5.73. The molecule has 1 heterocycles. The highest BCUT2D eigenvalue weighted by Gasteiger charge is 2.07. The second-order valence-corrected chi connectivity index (χ2v) is 2.71. The molecule has 0 bridgehead atoms. The van der Waals surface area contributed by atoms with Gasteiger partial charge >= 0.3 is 5.97 Å². The molecule has 1 N–H and O–H groups in total. The first-order valence-electron chi connectivity index (χ1n) is 3.85. The molecule has 0 amide bonds. The van der Waals surface area contributed by atoms with E-state index >= 15 is 0 Å². The van der Waals surface area contributed by atoms with Gasteiger partial charge in [-0.3, -0.25) is 9.78 Å². The normalized spacial score (nSPS) is 9.69. The van der Waals surface area contributed by atoms with Gasteiger partial charge in [0.05, 0.1) is 19.7 Å². The summed E-state index contributed by atoms with van der Waals surface area (Å²) < 4.78 is 4.48. The van der Waals surface area contributed by atoms with Crippen molar-refractivity contribution in [1.29, 1.82) is 0 Å². The van der Waals surface area contributed by atoms with E-state index in [-0.39, 0.29) is 18.1 Å². The van der Waals surface area contributed by atoms with Gasteiger partial charge in [0.1, 0.15) is 5.75 Å². The summed E-state index contributed by atoms with van der Waals surface area (Å²) in [5.41, 5.74) is 1.30. The third kappa shape index (κ3) is 2.43. The number of aromatic nitrogens is 1.